The highest BCUT2D eigenvalue weighted by molar-refractivity contribution is 8.93. The van der Waals surface area contributed by atoms with Gasteiger partial charge in [-0.1, -0.05) is 6.07 Å². The fourth-order valence-corrected chi connectivity index (χ4v) is 1.77. The van der Waals surface area contributed by atoms with Gasteiger partial charge in [0.15, 0.2) is 0 Å². The molecule has 0 bridgehead atoms. The first-order valence-corrected chi connectivity index (χ1v) is 4.30. The van der Waals surface area contributed by atoms with Crippen molar-refractivity contribution < 1.29 is 5.11 Å². The van der Waals surface area contributed by atoms with Gasteiger partial charge in [0.25, 0.3) is 0 Å². The van der Waals surface area contributed by atoms with E-state index in [-0.39, 0.29) is 17.0 Å². The largest absolute Gasteiger partial charge is 0.508 e. The highest BCUT2D eigenvalue weighted by atomic mass is 79.9. The van der Waals surface area contributed by atoms with Crippen LogP contribution in [0, 0.1) is 6.92 Å². The van der Waals surface area contributed by atoms with E-state index in [0.717, 1.165) is 25.1 Å². The van der Waals surface area contributed by atoms with Crippen LogP contribution in [-0.4, -0.2) is 11.7 Å². The Morgan fingerprint density at radius 3 is 2.77 bits per heavy atom. The highest BCUT2D eigenvalue weighted by Gasteiger charge is 2.13. The summed E-state index contributed by atoms with van der Waals surface area (Å²) in [4.78, 5) is 0. The van der Waals surface area contributed by atoms with Crippen LogP contribution in [0.5, 0.6) is 5.75 Å². The molecule has 3 heteroatoms. The van der Waals surface area contributed by atoms with Gasteiger partial charge in [0.2, 0.25) is 0 Å². The van der Waals surface area contributed by atoms with Gasteiger partial charge < -0.3 is 10.4 Å². The molecule has 1 heterocycles. The fraction of sp³-hybridized carbons (Fsp3) is 0.400. The molecule has 0 spiro atoms. The van der Waals surface area contributed by atoms with Crippen molar-refractivity contribution >= 4 is 17.0 Å². The first kappa shape index (κ1) is 10.5. The molecule has 0 atom stereocenters. The predicted octanol–water partition coefficient (Wildman–Crippen LogP) is 1.92. The molecule has 0 fully saturated rings. The summed E-state index contributed by atoms with van der Waals surface area (Å²) in [5.41, 5.74) is 3.71. The summed E-state index contributed by atoms with van der Waals surface area (Å²) in [6, 6.07) is 3.76. The molecule has 0 aromatic heterocycles. The number of phenols is 1. The molecule has 0 radical (unpaired) electrons. The number of halogens is 1. The molecule has 2 nitrogen and oxygen atoms in total. The smallest absolute Gasteiger partial charge is 0.120 e. The van der Waals surface area contributed by atoms with Crippen molar-refractivity contribution in [1.29, 1.82) is 0 Å². The van der Waals surface area contributed by atoms with Crippen LogP contribution in [0.3, 0.4) is 0 Å². The van der Waals surface area contributed by atoms with Gasteiger partial charge >= 0.3 is 0 Å². The number of fused-ring (bicyclic) bond motifs is 1. The summed E-state index contributed by atoms with van der Waals surface area (Å²) in [6.07, 6.45) is 1.04. The third-order valence-corrected chi connectivity index (χ3v) is 2.49. The van der Waals surface area contributed by atoms with Gasteiger partial charge in [-0.25, -0.2) is 0 Å². The second-order valence-electron chi connectivity index (χ2n) is 3.29. The van der Waals surface area contributed by atoms with Crippen LogP contribution >= 0.6 is 17.0 Å². The number of benzene rings is 1. The molecule has 0 unspecified atom stereocenters. The van der Waals surface area contributed by atoms with Crippen molar-refractivity contribution in [3.8, 4) is 5.75 Å². The van der Waals surface area contributed by atoms with Crippen molar-refractivity contribution in [2.24, 2.45) is 0 Å². The maximum absolute atomic E-state index is 9.54. The predicted molar refractivity (Wildman–Crippen MR) is 58.6 cm³/mol. The third kappa shape index (κ3) is 1.86. The topological polar surface area (TPSA) is 32.3 Å². The number of hydrogen-bond donors (Lipinski definition) is 2. The van der Waals surface area contributed by atoms with E-state index >= 15 is 0 Å². The van der Waals surface area contributed by atoms with E-state index in [9.17, 15) is 5.11 Å². The normalized spacial score (nSPS) is 14.5. The molecule has 1 aliphatic rings. The van der Waals surface area contributed by atoms with Gasteiger partial charge in [-0.05, 0) is 37.1 Å². The average molecular weight is 244 g/mol. The first-order valence-electron chi connectivity index (χ1n) is 4.30. The molecule has 1 aromatic carbocycles. The van der Waals surface area contributed by atoms with Crippen molar-refractivity contribution in [2.45, 2.75) is 19.9 Å². The van der Waals surface area contributed by atoms with Gasteiger partial charge in [-0.15, -0.1) is 17.0 Å². The minimum absolute atomic E-state index is 0. The zero-order chi connectivity index (χ0) is 8.55. The van der Waals surface area contributed by atoms with Crippen LogP contribution in [0.1, 0.15) is 16.7 Å². The number of hydrogen-bond acceptors (Lipinski definition) is 2. The molecule has 72 valence electrons. The van der Waals surface area contributed by atoms with Crippen molar-refractivity contribution in [1.82, 2.24) is 5.32 Å². The van der Waals surface area contributed by atoms with E-state index in [1.165, 1.54) is 11.1 Å². The lowest BCUT2D eigenvalue weighted by atomic mass is 9.95. The first-order chi connectivity index (χ1) is 5.79. The summed E-state index contributed by atoms with van der Waals surface area (Å²) in [7, 11) is 0. The van der Waals surface area contributed by atoms with E-state index in [1.807, 2.05) is 6.07 Å². The minimum atomic E-state index is 0. The number of aromatic hydroxyl groups is 1. The van der Waals surface area contributed by atoms with E-state index in [0.29, 0.717) is 5.75 Å². The lowest BCUT2D eigenvalue weighted by Gasteiger charge is -2.19. The monoisotopic (exact) mass is 243 g/mol. The van der Waals surface area contributed by atoms with E-state index in [1.54, 1.807) is 6.07 Å². The molecular weight excluding hydrogens is 230 g/mol. The Morgan fingerprint density at radius 1 is 1.31 bits per heavy atom. The van der Waals surface area contributed by atoms with Crippen LogP contribution in [0.15, 0.2) is 12.1 Å². The van der Waals surface area contributed by atoms with Crippen molar-refractivity contribution in [3.05, 3.63) is 28.8 Å². The molecule has 2 rings (SSSR count). The van der Waals surface area contributed by atoms with Gasteiger partial charge in [-0.3, -0.25) is 0 Å². The average Bonchev–Trinajstić information content (AvgIpc) is 2.12. The molecule has 13 heavy (non-hydrogen) atoms. The summed E-state index contributed by atoms with van der Waals surface area (Å²) in [5.74, 6) is 0.433. The molecule has 2 N–H and O–H groups in total. The highest BCUT2D eigenvalue weighted by Crippen LogP contribution is 2.26. The standard InChI is InChI=1S/C10H13NO.BrH/c1-7-2-3-10(12)9-6-11-5-4-8(7)9;/h2-3,11-12H,4-6H2,1H3;1H. The second-order valence-corrected chi connectivity index (χ2v) is 3.29. The molecule has 1 aliphatic heterocycles. The van der Waals surface area contributed by atoms with Gasteiger partial charge in [0.05, 0.1) is 0 Å². The molecule has 0 aliphatic carbocycles. The Balaban J connectivity index is 0.000000845. The molecule has 1 aromatic rings. The van der Waals surface area contributed by atoms with E-state index < -0.39 is 0 Å². The Hall–Kier alpha value is -0.540. The van der Waals surface area contributed by atoms with E-state index in [4.69, 9.17) is 0 Å². The van der Waals surface area contributed by atoms with Crippen LogP contribution < -0.4 is 5.32 Å². The van der Waals surface area contributed by atoms with Crippen molar-refractivity contribution in [2.75, 3.05) is 6.54 Å². The zero-order valence-electron chi connectivity index (χ0n) is 7.63. The third-order valence-electron chi connectivity index (χ3n) is 2.49. The number of aryl methyl sites for hydroxylation is 1. The molecule has 0 saturated carbocycles. The molecule has 0 amide bonds. The maximum Gasteiger partial charge on any atom is 0.120 e. The number of phenolic OH excluding ortho intramolecular Hbond substituents is 1. The minimum Gasteiger partial charge on any atom is -0.508 e. The Labute approximate surface area is 88.7 Å². The summed E-state index contributed by atoms with van der Waals surface area (Å²) < 4.78 is 0. The number of nitrogens with one attached hydrogen (secondary N) is 1. The zero-order valence-corrected chi connectivity index (χ0v) is 9.34. The van der Waals surface area contributed by atoms with Crippen LogP contribution in [0.25, 0.3) is 0 Å². The van der Waals surface area contributed by atoms with Crippen LogP contribution in [0.2, 0.25) is 0 Å². The summed E-state index contributed by atoms with van der Waals surface area (Å²) >= 11 is 0. The summed E-state index contributed by atoms with van der Waals surface area (Å²) in [5, 5.41) is 12.8. The van der Waals surface area contributed by atoms with Crippen LogP contribution in [0.4, 0.5) is 0 Å². The maximum atomic E-state index is 9.54. The van der Waals surface area contributed by atoms with Gasteiger partial charge in [0.1, 0.15) is 5.75 Å². The molecule has 0 saturated heterocycles. The summed E-state index contributed by atoms with van der Waals surface area (Å²) in [6.45, 7) is 3.93. The van der Waals surface area contributed by atoms with Gasteiger partial charge in [0, 0.05) is 12.1 Å². The van der Waals surface area contributed by atoms with Gasteiger partial charge in [-0.2, -0.15) is 0 Å². The quantitative estimate of drug-likeness (QED) is 0.730. The number of rotatable bonds is 0. The lowest BCUT2D eigenvalue weighted by Crippen LogP contribution is -2.24. The second kappa shape index (κ2) is 4.11. The Bertz CT molecular complexity index is 281. The molecular formula is C10H14BrNO. The lowest BCUT2D eigenvalue weighted by molar-refractivity contribution is 0.458. The SMILES string of the molecule is Br.Cc1ccc(O)c2c1CCNC2. The van der Waals surface area contributed by atoms with Crippen LogP contribution in [-0.2, 0) is 13.0 Å². The van der Waals surface area contributed by atoms with Crippen molar-refractivity contribution in [3.63, 3.8) is 0 Å². The Kier molecular flexibility index (Phi) is 3.33. The fourth-order valence-electron chi connectivity index (χ4n) is 1.77. The Morgan fingerprint density at radius 2 is 2.08 bits per heavy atom. The van der Waals surface area contributed by atoms with E-state index in [2.05, 4.69) is 12.2 Å².